The van der Waals surface area contributed by atoms with Gasteiger partial charge >= 0.3 is 5.69 Å². The Morgan fingerprint density at radius 2 is 2.08 bits per heavy atom. The number of nitro benzene ring substituents is 1. The lowest BCUT2D eigenvalue weighted by Crippen LogP contribution is -2.34. The smallest absolute Gasteiger partial charge is 0.315 e. The highest BCUT2D eigenvalue weighted by atomic mass is 16.6. The van der Waals surface area contributed by atoms with Crippen molar-refractivity contribution in [1.82, 2.24) is 4.90 Å². The van der Waals surface area contributed by atoms with Gasteiger partial charge in [-0.2, -0.15) is 5.26 Å². The lowest BCUT2D eigenvalue weighted by molar-refractivity contribution is -0.386. The second-order valence-electron chi connectivity index (χ2n) is 4.83. The summed E-state index contributed by atoms with van der Waals surface area (Å²) in [5.74, 6) is -3.49. The maximum absolute atomic E-state index is 12.4. The number of aromatic hydroxyl groups is 2. The van der Waals surface area contributed by atoms with Crippen molar-refractivity contribution in [3.63, 3.8) is 0 Å². The van der Waals surface area contributed by atoms with Crippen LogP contribution in [0.15, 0.2) is 17.7 Å². The second kappa shape index (κ2) is 8.51. The zero-order chi connectivity index (χ0) is 19.1. The first-order valence-electron chi connectivity index (χ1n) is 7.10. The molecule has 0 unspecified atom stereocenters. The van der Waals surface area contributed by atoms with Crippen LogP contribution in [0.3, 0.4) is 0 Å². The van der Waals surface area contributed by atoms with E-state index in [9.17, 15) is 35.5 Å². The maximum Gasteiger partial charge on any atom is 0.315 e. The fourth-order valence-corrected chi connectivity index (χ4v) is 1.99. The van der Waals surface area contributed by atoms with Crippen molar-refractivity contribution >= 4 is 17.4 Å². The molecule has 0 aromatic heterocycles. The average molecular weight is 351 g/mol. The number of phenolic OH excluding ortho intramolecular Hbond substituents is 2. The molecule has 1 amide bonds. The maximum atomic E-state index is 12.4. The average Bonchev–Trinajstić information content (AvgIpc) is 2.58. The number of methoxy groups -OCH3 is 1. The number of ether oxygens (including phenoxy) is 1. The van der Waals surface area contributed by atoms with Crippen LogP contribution in [-0.2, 0) is 9.53 Å². The summed E-state index contributed by atoms with van der Waals surface area (Å²) in [5, 5.41) is 49.3. The lowest BCUT2D eigenvalue weighted by Gasteiger charge is -2.20. The Kier molecular flexibility index (Phi) is 6.71. The molecule has 0 bridgehead atoms. The lowest BCUT2D eigenvalue weighted by atomic mass is 10.1. The normalized spacial score (nSPS) is 11.4. The second-order valence-corrected chi connectivity index (χ2v) is 4.83. The third-order valence-electron chi connectivity index (χ3n) is 3.34. The molecule has 0 aliphatic rings. The van der Waals surface area contributed by atoms with Gasteiger partial charge < -0.3 is 25.0 Å². The standard InChI is InChI=1S/C15H17N3O7/c1-3-17(4-5-25-2)15(22)10(8-16)13(20)9-6-11(18(23)24)14(21)12(19)7-9/h6-7,19-21H,3-5H2,1-2H3/b13-10-. The largest absolute Gasteiger partial charge is 0.506 e. The monoisotopic (exact) mass is 351 g/mol. The number of amides is 1. The molecule has 25 heavy (non-hydrogen) atoms. The summed E-state index contributed by atoms with van der Waals surface area (Å²) in [6.45, 7) is 2.29. The number of nitro groups is 1. The Hall–Kier alpha value is -3.32. The third-order valence-corrected chi connectivity index (χ3v) is 3.34. The number of carbonyl (C=O) groups excluding carboxylic acids is 1. The van der Waals surface area contributed by atoms with Crippen LogP contribution in [0.25, 0.3) is 5.76 Å². The molecule has 1 aromatic rings. The molecular formula is C15H17N3O7. The van der Waals surface area contributed by atoms with Gasteiger partial charge in [-0.1, -0.05) is 0 Å². The number of aliphatic hydroxyl groups excluding tert-OH is 1. The van der Waals surface area contributed by atoms with Gasteiger partial charge in [0.15, 0.2) is 11.3 Å². The number of nitriles is 1. The van der Waals surface area contributed by atoms with Crippen molar-refractivity contribution in [2.75, 3.05) is 26.8 Å². The number of phenols is 2. The quantitative estimate of drug-likeness (QED) is 0.166. The summed E-state index contributed by atoms with van der Waals surface area (Å²) in [7, 11) is 1.44. The molecule has 10 nitrogen and oxygen atoms in total. The topological polar surface area (TPSA) is 157 Å². The molecule has 0 aliphatic carbocycles. The van der Waals surface area contributed by atoms with Crippen LogP contribution in [0.2, 0.25) is 0 Å². The molecule has 0 atom stereocenters. The molecule has 0 radical (unpaired) electrons. The van der Waals surface area contributed by atoms with Gasteiger partial charge in [0.2, 0.25) is 5.75 Å². The van der Waals surface area contributed by atoms with Crippen LogP contribution >= 0.6 is 0 Å². The van der Waals surface area contributed by atoms with E-state index in [1.165, 1.54) is 12.0 Å². The molecule has 0 saturated carbocycles. The van der Waals surface area contributed by atoms with Crippen LogP contribution in [0, 0.1) is 21.4 Å². The van der Waals surface area contributed by atoms with Gasteiger partial charge in [0.1, 0.15) is 11.8 Å². The summed E-state index contributed by atoms with van der Waals surface area (Å²) in [6.07, 6.45) is 0. The molecule has 10 heteroatoms. The minimum absolute atomic E-state index is 0.172. The Balaban J connectivity index is 3.40. The van der Waals surface area contributed by atoms with Crippen molar-refractivity contribution in [3.8, 4) is 17.6 Å². The van der Waals surface area contributed by atoms with Crippen LogP contribution in [0.4, 0.5) is 5.69 Å². The highest BCUT2D eigenvalue weighted by Gasteiger charge is 2.25. The number of rotatable bonds is 7. The van der Waals surface area contributed by atoms with E-state index in [1.807, 2.05) is 0 Å². The van der Waals surface area contributed by atoms with Crippen LogP contribution < -0.4 is 0 Å². The number of carbonyl (C=O) groups is 1. The van der Waals surface area contributed by atoms with E-state index >= 15 is 0 Å². The molecule has 1 rings (SSSR count). The molecule has 134 valence electrons. The van der Waals surface area contributed by atoms with Crippen molar-refractivity contribution in [2.45, 2.75) is 6.92 Å². The zero-order valence-corrected chi connectivity index (χ0v) is 13.6. The van der Waals surface area contributed by atoms with Crippen molar-refractivity contribution < 1.29 is 29.8 Å². The Labute approximate surface area is 142 Å². The first kappa shape index (κ1) is 19.7. The number of benzene rings is 1. The summed E-state index contributed by atoms with van der Waals surface area (Å²) in [5.41, 5.74) is -1.88. The minimum atomic E-state index is -0.985. The number of hydrogen-bond acceptors (Lipinski definition) is 8. The van der Waals surface area contributed by atoms with Crippen LogP contribution in [0.1, 0.15) is 12.5 Å². The molecule has 0 fully saturated rings. The summed E-state index contributed by atoms with van der Waals surface area (Å²) < 4.78 is 4.86. The molecular weight excluding hydrogens is 334 g/mol. The molecule has 3 N–H and O–H groups in total. The van der Waals surface area contributed by atoms with Gasteiger partial charge in [0, 0.05) is 31.8 Å². The highest BCUT2D eigenvalue weighted by Crippen LogP contribution is 2.38. The Morgan fingerprint density at radius 3 is 2.56 bits per heavy atom. The van der Waals surface area contributed by atoms with E-state index in [1.54, 1.807) is 13.0 Å². The zero-order valence-electron chi connectivity index (χ0n) is 13.6. The van der Waals surface area contributed by atoms with Gasteiger partial charge in [0.05, 0.1) is 11.5 Å². The first-order valence-corrected chi connectivity index (χ1v) is 7.10. The molecule has 0 spiro atoms. The predicted molar refractivity (Wildman–Crippen MR) is 85.7 cm³/mol. The third kappa shape index (κ3) is 4.36. The van der Waals surface area contributed by atoms with Crippen molar-refractivity contribution in [3.05, 3.63) is 33.4 Å². The highest BCUT2D eigenvalue weighted by molar-refractivity contribution is 6.03. The van der Waals surface area contributed by atoms with Gasteiger partial charge in [0.25, 0.3) is 5.91 Å². The number of aliphatic hydroxyl groups is 1. The Morgan fingerprint density at radius 1 is 1.44 bits per heavy atom. The number of likely N-dealkylation sites (N-methyl/N-ethyl adjacent to an activating group) is 1. The minimum Gasteiger partial charge on any atom is -0.506 e. The van der Waals surface area contributed by atoms with Crippen molar-refractivity contribution in [2.24, 2.45) is 0 Å². The number of nitrogens with zero attached hydrogens (tertiary/aromatic N) is 3. The number of hydrogen-bond donors (Lipinski definition) is 3. The van der Waals surface area contributed by atoms with Gasteiger partial charge in [-0.3, -0.25) is 14.9 Å². The summed E-state index contributed by atoms with van der Waals surface area (Å²) in [6, 6.07) is 3.12. The van der Waals surface area contributed by atoms with Gasteiger partial charge in [-0.15, -0.1) is 0 Å². The van der Waals surface area contributed by atoms with E-state index in [2.05, 4.69) is 0 Å². The van der Waals surface area contributed by atoms with Crippen LogP contribution in [0.5, 0.6) is 11.5 Å². The Bertz CT molecular complexity index is 752. The SMILES string of the molecule is CCN(CCOC)C(=O)/C(C#N)=C(\O)c1cc(O)c(O)c([N+](=O)[O-])c1. The van der Waals surface area contributed by atoms with E-state index in [0.29, 0.717) is 0 Å². The fourth-order valence-electron chi connectivity index (χ4n) is 1.99. The van der Waals surface area contributed by atoms with Gasteiger partial charge in [-0.05, 0) is 13.0 Å². The summed E-state index contributed by atoms with van der Waals surface area (Å²) in [4.78, 5) is 23.5. The molecule has 0 aliphatic heterocycles. The van der Waals surface area contributed by atoms with Gasteiger partial charge in [-0.25, -0.2) is 0 Å². The first-order chi connectivity index (χ1) is 11.8. The van der Waals surface area contributed by atoms with E-state index < -0.39 is 39.3 Å². The van der Waals surface area contributed by atoms with E-state index in [0.717, 1.165) is 12.1 Å². The van der Waals surface area contributed by atoms with Crippen LogP contribution in [-0.4, -0.2) is 57.9 Å². The van der Waals surface area contributed by atoms with Crippen molar-refractivity contribution in [1.29, 1.82) is 5.26 Å². The predicted octanol–water partition coefficient (Wildman–Crippen LogP) is 1.29. The molecule has 0 heterocycles. The fraction of sp³-hybridized carbons (Fsp3) is 0.333. The molecule has 1 aromatic carbocycles. The molecule has 0 saturated heterocycles. The van der Waals surface area contributed by atoms with E-state index in [4.69, 9.17) is 4.74 Å². The van der Waals surface area contributed by atoms with E-state index in [-0.39, 0.29) is 25.3 Å². The summed E-state index contributed by atoms with van der Waals surface area (Å²) >= 11 is 0.